The van der Waals surface area contributed by atoms with E-state index in [-0.39, 0.29) is 0 Å². The van der Waals surface area contributed by atoms with Crippen molar-refractivity contribution in [2.24, 2.45) is 0 Å². The first-order valence-corrected chi connectivity index (χ1v) is 9.05. The zero-order chi connectivity index (χ0) is 14.7. The van der Waals surface area contributed by atoms with Gasteiger partial charge in [0.2, 0.25) is 0 Å². The number of unbranched alkanes of at least 4 members (excludes halogenated alkanes) is 1. The van der Waals surface area contributed by atoms with E-state index in [0.29, 0.717) is 6.04 Å². The molecule has 1 unspecified atom stereocenters. The van der Waals surface area contributed by atoms with Crippen LogP contribution in [0.5, 0.6) is 0 Å². The van der Waals surface area contributed by atoms with Crippen molar-refractivity contribution >= 4 is 17.4 Å². The van der Waals surface area contributed by atoms with E-state index in [0.717, 1.165) is 6.42 Å². The van der Waals surface area contributed by atoms with Crippen LogP contribution in [0.1, 0.15) is 42.5 Å². The van der Waals surface area contributed by atoms with Crippen LogP contribution < -0.4 is 5.32 Å². The summed E-state index contributed by atoms with van der Waals surface area (Å²) in [5, 5.41) is 3.66. The molecule has 0 spiro atoms. The summed E-state index contributed by atoms with van der Waals surface area (Å²) in [6.45, 7) is 2.25. The summed E-state index contributed by atoms with van der Waals surface area (Å²) >= 11 is 1.80. The summed E-state index contributed by atoms with van der Waals surface area (Å²) in [4.78, 5) is 1.33. The van der Waals surface area contributed by atoms with E-state index in [1.165, 1.54) is 46.5 Å². The highest BCUT2D eigenvalue weighted by Crippen LogP contribution is 2.35. The van der Waals surface area contributed by atoms with Crippen LogP contribution in [0.15, 0.2) is 47.4 Å². The Morgan fingerprint density at radius 1 is 1.14 bits per heavy atom. The van der Waals surface area contributed by atoms with Crippen molar-refractivity contribution in [3.05, 3.63) is 59.2 Å². The second kappa shape index (κ2) is 6.57. The van der Waals surface area contributed by atoms with Gasteiger partial charge in [-0.25, -0.2) is 0 Å². The van der Waals surface area contributed by atoms with E-state index in [9.17, 15) is 0 Å². The van der Waals surface area contributed by atoms with Crippen LogP contribution in [0.2, 0.25) is 0 Å². The number of benzene rings is 2. The number of rotatable bonds is 5. The lowest BCUT2D eigenvalue weighted by atomic mass is 10.0. The predicted octanol–water partition coefficient (Wildman–Crippen LogP) is 5.46. The van der Waals surface area contributed by atoms with Crippen molar-refractivity contribution in [1.29, 1.82) is 0 Å². The van der Waals surface area contributed by atoms with E-state index >= 15 is 0 Å². The number of hydrogen-bond donors (Lipinski definition) is 1. The average Bonchev–Trinajstić information content (AvgIpc) is 2.96. The Labute approximate surface area is 132 Å². The maximum absolute atomic E-state index is 3.66. The maximum atomic E-state index is 3.66. The first kappa shape index (κ1) is 14.5. The van der Waals surface area contributed by atoms with Crippen molar-refractivity contribution in [1.82, 2.24) is 0 Å². The van der Waals surface area contributed by atoms with Gasteiger partial charge in [0.05, 0.1) is 6.04 Å². The van der Waals surface area contributed by atoms with Crippen LogP contribution in [-0.4, -0.2) is 6.26 Å². The Balaban J connectivity index is 1.74. The minimum absolute atomic E-state index is 0.428. The van der Waals surface area contributed by atoms with Gasteiger partial charge in [-0.05, 0) is 60.4 Å². The van der Waals surface area contributed by atoms with Crippen molar-refractivity contribution in [3.8, 4) is 0 Å². The molecule has 0 fully saturated rings. The van der Waals surface area contributed by atoms with Crippen LogP contribution in [-0.2, 0) is 12.8 Å². The SMILES string of the molecule is CCCCc1ccc2c(c1)CC(c1ccc(SC)cc1)N2. The Morgan fingerprint density at radius 3 is 2.67 bits per heavy atom. The first-order chi connectivity index (χ1) is 10.3. The number of hydrogen-bond acceptors (Lipinski definition) is 2. The molecule has 21 heavy (non-hydrogen) atoms. The molecule has 1 aliphatic rings. The number of aryl methyl sites for hydroxylation is 1. The molecular formula is C19H23NS. The summed E-state index contributed by atoms with van der Waals surface area (Å²) in [6.07, 6.45) is 6.98. The van der Waals surface area contributed by atoms with Crippen molar-refractivity contribution in [3.63, 3.8) is 0 Å². The molecule has 110 valence electrons. The molecule has 1 heterocycles. The zero-order valence-corrected chi connectivity index (χ0v) is 13.7. The monoisotopic (exact) mass is 297 g/mol. The Hall–Kier alpha value is -1.41. The van der Waals surface area contributed by atoms with Crippen LogP contribution in [0.3, 0.4) is 0 Å². The topological polar surface area (TPSA) is 12.0 Å². The first-order valence-electron chi connectivity index (χ1n) is 7.82. The minimum atomic E-state index is 0.428. The molecule has 0 amide bonds. The van der Waals surface area contributed by atoms with Gasteiger partial charge in [-0.1, -0.05) is 37.6 Å². The van der Waals surface area contributed by atoms with Crippen molar-refractivity contribution in [2.45, 2.75) is 43.5 Å². The highest BCUT2D eigenvalue weighted by Gasteiger charge is 2.21. The van der Waals surface area contributed by atoms with Gasteiger partial charge in [0.1, 0.15) is 0 Å². The quantitative estimate of drug-likeness (QED) is 0.735. The Kier molecular flexibility index (Phi) is 4.54. The minimum Gasteiger partial charge on any atom is -0.378 e. The molecule has 2 aromatic rings. The lowest BCUT2D eigenvalue weighted by molar-refractivity contribution is 0.792. The fourth-order valence-electron chi connectivity index (χ4n) is 2.99. The Bertz CT molecular complexity index is 603. The number of nitrogens with one attached hydrogen (secondary N) is 1. The molecule has 1 N–H and O–H groups in total. The fraction of sp³-hybridized carbons (Fsp3) is 0.368. The van der Waals surface area contributed by atoms with Crippen LogP contribution >= 0.6 is 11.8 Å². The van der Waals surface area contributed by atoms with Crippen LogP contribution in [0.25, 0.3) is 0 Å². The second-order valence-corrected chi connectivity index (χ2v) is 6.65. The van der Waals surface area contributed by atoms with Gasteiger partial charge in [-0.15, -0.1) is 11.8 Å². The molecule has 0 aromatic heterocycles. The average molecular weight is 297 g/mol. The van der Waals surface area contributed by atoms with E-state index in [2.05, 4.69) is 61.0 Å². The number of thioether (sulfide) groups is 1. The molecule has 1 nitrogen and oxygen atoms in total. The fourth-order valence-corrected chi connectivity index (χ4v) is 3.40. The molecule has 2 aromatic carbocycles. The molecule has 0 saturated heterocycles. The third kappa shape index (κ3) is 3.26. The number of anilines is 1. The smallest absolute Gasteiger partial charge is 0.0555 e. The third-order valence-corrected chi connectivity index (χ3v) is 5.00. The van der Waals surface area contributed by atoms with Gasteiger partial charge in [-0.2, -0.15) is 0 Å². The van der Waals surface area contributed by atoms with E-state index in [1.54, 1.807) is 11.8 Å². The maximum Gasteiger partial charge on any atom is 0.0555 e. The standard InChI is InChI=1S/C19H23NS/c1-3-4-5-14-6-11-18-16(12-14)13-19(20-18)15-7-9-17(21-2)10-8-15/h6-12,19-20H,3-5,13H2,1-2H3. The van der Waals surface area contributed by atoms with Gasteiger partial charge in [0.15, 0.2) is 0 Å². The lowest BCUT2D eigenvalue weighted by Gasteiger charge is -2.12. The van der Waals surface area contributed by atoms with E-state index in [4.69, 9.17) is 0 Å². The van der Waals surface area contributed by atoms with Crippen LogP contribution in [0.4, 0.5) is 5.69 Å². The van der Waals surface area contributed by atoms with Gasteiger partial charge in [-0.3, -0.25) is 0 Å². The van der Waals surface area contributed by atoms with Gasteiger partial charge < -0.3 is 5.32 Å². The molecule has 0 bridgehead atoms. The number of fused-ring (bicyclic) bond motifs is 1. The van der Waals surface area contributed by atoms with E-state index in [1.807, 2.05) is 0 Å². The molecule has 1 aliphatic heterocycles. The lowest BCUT2D eigenvalue weighted by Crippen LogP contribution is -2.05. The summed E-state index contributed by atoms with van der Waals surface area (Å²) in [6, 6.07) is 16.3. The largest absolute Gasteiger partial charge is 0.378 e. The Morgan fingerprint density at radius 2 is 1.95 bits per heavy atom. The molecule has 0 saturated carbocycles. The summed E-state index contributed by atoms with van der Waals surface area (Å²) in [7, 11) is 0. The zero-order valence-electron chi connectivity index (χ0n) is 12.9. The third-order valence-electron chi connectivity index (χ3n) is 4.26. The molecule has 2 heteroatoms. The van der Waals surface area contributed by atoms with Crippen molar-refractivity contribution in [2.75, 3.05) is 11.6 Å². The molecule has 0 aliphatic carbocycles. The molecule has 0 radical (unpaired) electrons. The highest BCUT2D eigenvalue weighted by atomic mass is 32.2. The summed E-state index contributed by atoms with van der Waals surface area (Å²) < 4.78 is 0. The molecule has 1 atom stereocenters. The van der Waals surface area contributed by atoms with Gasteiger partial charge in [0.25, 0.3) is 0 Å². The highest BCUT2D eigenvalue weighted by molar-refractivity contribution is 7.98. The molecule has 3 rings (SSSR count). The second-order valence-electron chi connectivity index (χ2n) is 5.77. The van der Waals surface area contributed by atoms with Gasteiger partial charge >= 0.3 is 0 Å². The van der Waals surface area contributed by atoms with Crippen LogP contribution in [0, 0.1) is 0 Å². The van der Waals surface area contributed by atoms with Gasteiger partial charge in [0, 0.05) is 10.6 Å². The summed E-state index contributed by atoms with van der Waals surface area (Å²) in [5.74, 6) is 0. The normalized spacial score (nSPS) is 16.6. The van der Waals surface area contributed by atoms with Crippen molar-refractivity contribution < 1.29 is 0 Å². The predicted molar refractivity (Wildman–Crippen MR) is 93.3 cm³/mol. The van der Waals surface area contributed by atoms with E-state index < -0.39 is 0 Å². The summed E-state index contributed by atoms with van der Waals surface area (Å²) in [5.41, 5.74) is 5.66. The molecular weight excluding hydrogens is 274 g/mol.